The molecule has 2 heterocycles. The van der Waals surface area contributed by atoms with Gasteiger partial charge in [-0.3, -0.25) is 24.0 Å². The van der Waals surface area contributed by atoms with Crippen molar-refractivity contribution in [1.29, 1.82) is 0 Å². The Bertz CT molecular complexity index is 3310. The number of para-hydroxylation sites is 1. The summed E-state index contributed by atoms with van der Waals surface area (Å²) in [6.07, 6.45) is 5.35. The number of rotatable bonds is 25. The highest BCUT2D eigenvalue weighted by Crippen LogP contribution is 2.44. The van der Waals surface area contributed by atoms with Crippen molar-refractivity contribution >= 4 is 64.0 Å². The molecule has 2 aromatic heterocycles. The number of unbranched alkanes of at least 4 members (excludes halogenated alkanes) is 1. The minimum atomic E-state index is -1.63. The van der Waals surface area contributed by atoms with Crippen LogP contribution in [-0.4, -0.2) is 111 Å². The number of urea groups is 1. The van der Waals surface area contributed by atoms with Crippen LogP contribution < -0.4 is 43.2 Å². The van der Waals surface area contributed by atoms with Crippen molar-refractivity contribution in [2.24, 2.45) is 17.1 Å². The van der Waals surface area contributed by atoms with E-state index in [2.05, 4.69) is 52.4 Å². The Morgan fingerprint density at radius 1 is 0.726 bits per heavy atom. The number of nitrogens with zero attached hydrogens (tertiary/aromatic N) is 1. The molecule has 22 heteroatoms. The average Bonchev–Trinajstić information content (AvgIpc) is 2.10. The number of amides is 6. The van der Waals surface area contributed by atoms with Crippen LogP contribution in [0.3, 0.4) is 0 Å². The molecule has 22 nitrogen and oxygen atoms in total. The highest BCUT2D eigenvalue weighted by atomic mass is 16.6. The number of aromatic nitrogens is 3. The molecule has 0 radical (unpaired) electrons. The van der Waals surface area contributed by atoms with E-state index in [1.807, 2.05) is 100 Å². The van der Waals surface area contributed by atoms with Crippen molar-refractivity contribution in [3.8, 4) is 11.1 Å². The number of aliphatic hydroxyl groups is 1. The van der Waals surface area contributed by atoms with E-state index in [1.165, 1.54) is 12.5 Å². The van der Waals surface area contributed by atoms with Crippen LogP contribution >= 0.6 is 0 Å². The van der Waals surface area contributed by atoms with Gasteiger partial charge in [-0.1, -0.05) is 107 Å². The number of fused-ring (bicyclic) bond motifs is 4. The molecular formula is C62H73N11O11. The van der Waals surface area contributed by atoms with Gasteiger partial charge in [-0.05, 0) is 95.1 Å². The quantitative estimate of drug-likeness (QED) is 0.0106. The maximum Gasteiger partial charge on any atom is 0.426 e. The number of nitrogens with one attached hydrogen (secondary N) is 9. The fourth-order valence-electron chi connectivity index (χ4n) is 10.6. The van der Waals surface area contributed by atoms with E-state index in [0.717, 1.165) is 33.2 Å². The molecule has 6 amide bonds. The number of aromatic amines is 2. The van der Waals surface area contributed by atoms with Crippen molar-refractivity contribution in [3.05, 3.63) is 155 Å². The van der Waals surface area contributed by atoms with Crippen LogP contribution in [0, 0.1) is 11.3 Å². The molecule has 2 aliphatic carbocycles. The number of nitrogens with two attached hydrogens (primary N) is 1. The second-order valence-corrected chi connectivity index (χ2v) is 22.3. The number of ether oxygens (including phenoxy) is 2. The molecule has 0 unspecified atom stereocenters. The van der Waals surface area contributed by atoms with E-state index in [0.29, 0.717) is 54.0 Å². The summed E-state index contributed by atoms with van der Waals surface area (Å²) < 4.78 is 11.3. The Labute approximate surface area is 486 Å². The number of H-pyrrole nitrogens is 2. The molecule has 84 heavy (non-hydrogen) atoms. The summed E-state index contributed by atoms with van der Waals surface area (Å²) in [5.41, 5.74) is 17.6. The second kappa shape index (κ2) is 28.2. The van der Waals surface area contributed by atoms with Crippen molar-refractivity contribution < 1.29 is 52.9 Å². The van der Waals surface area contributed by atoms with Crippen LogP contribution in [0.25, 0.3) is 22.0 Å². The van der Waals surface area contributed by atoms with Crippen LogP contribution in [0.1, 0.15) is 100 Å². The molecule has 4 atom stereocenters. The fourth-order valence-corrected chi connectivity index (χ4v) is 10.6. The van der Waals surface area contributed by atoms with Crippen LogP contribution in [-0.2, 0) is 57.7 Å². The van der Waals surface area contributed by atoms with Gasteiger partial charge in [0.15, 0.2) is 11.6 Å². The third kappa shape index (κ3) is 15.9. The molecule has 0 saturated heterocycles. The van der Waals surface area contributed by atoms with E-state index in [-0.39, 0.29) is 74.3 Å². The van der Waals surface area contributed by atoms with Gasteiger partial charge in [0.2, 0.25) is 17.7 Å². The Morgan fingerprint density at radius 3 is 1.99 bits per heavy atom. The zero-order valence-electron chi connectivity index (χ0n) is 47.5. The first kappa shape index (κ1) is 60.9. The predicted molar refractivity (Wildman–Crippen MR) is 313 cm³/mol. The topological polar surface area (TPSA) is 330 Å². The summed E-state index contributed by atoms with van der Waals surface area (Å²) in [5.74, 6) is -3.93. The van der Waals surface area contributed by atoms with Crippen molar-refractivity contribution in [2.75, 3.05) is 25.1 Å². The number of imidazole rings is 1. The number of carbonyl (C=O) groups excluding carboxylic acids is 8. The molecule has 8 rings (SSSR count). The first-order valence-corrected chi connectivity index (χ1v) is 28.1. The number of carbonyl (C=O) groups is 8. The number of anilines is 1. The lowest BCUT2D eigenvalue weighted by Crippen LogP contribution is -2.60. The standard InChI is InChI=1S/C62H73N11O11/c1-36(2)25-49(55-53(75)28-62(3,4)29-54(55)76)67-39-22-20-37(21-23-39)33-83-59(80)48(19-11-12-24-63)68-58(79)52(32-74)70-57(78)51(27-40-31-64-35-66-40)69-56(77)50(26-38-30-65-47-18-10-9-13-41(38)47)71-60(81)72-73-61(82)84-34-46-44-16-7-5-14-42(44)43-15-6-8-17-45(43)46/h5-10,13-18,20-23,30-31,35-36,46,48,50-52,65,67,74H,11-12,19,24-29,32-34,63H2,1-4H3,(H,64,66)(H,68,79)(H,69,77)(H,70,78)(H,73,82)(H2,71,72,81)/t48-,50+,51-,52+/m0/s1. The highest BCUT2D eigenvalue weighted by Gasteiger charge is 2.38. The smallest absolute Gasteiger partial charge is 0.426 e. The lowest BCUT2D eigenvalue weighted by molar-refractivity contribution is -0.149. The number of ketones is 2. The second-order valence-electron chi connectivity index (χ2n) is 22.3. The predicted octanol–water partition coefficient (Wildman–Crippen LogP) is 5.79. The lowest BCUT2D eigenvalue weighted by atomic mass is 9.73. The van der Waals surface area contributed by atoms with Gasteiger partial charge in [-0.2, -0.15) is 0 Å². The van der Waals surface area contributed by atoms with Crippen LogP contribution in [0.5, 0.6) is 0 Å². The van der Waals surface area contributed by atoms with Crippen molar-refractivity contribution in [2.45, 2.75) is 116 Å². The van der Waals surface area contributed by atoms with Gasteiger partial charge in [0.1, 0.15) is 37.4 Å². The van der Waals surface area contributed by atoms with Crippen molar-refractivity contribution in [3.63, 3.8) is 0 Å². The van der Waals surface area contributed by atoms with Crippen LogP contribution in [0.15, 0.2) is 127 Å². The summed E-state index contributed by atoms with van der Waals surface area (Å²) in [6, 6.07) is 23.2. The molecule has 442 valence electrons. The van der Waals surface area contributed by atoms with Gasteiger partial charge in [-0.15, -0.1) is 0 Å². The molecule has 4 aromatic carbocycles. The zero-order valence-corrected chi connectivity index (χ0v) is 47.5. The van der Waals surface area contributed by atoms with Gasteiger partial charge < -0.3 is 56.9 Å². The fraction of sp³-hybridized carbons (Fsp3) is 0.371. The molecule has 0 spiro atoms. The van der Waals surface area contributed by atoms with E-state index >= 15 is 0 Å². The molecular weight excluding hydrogens is 1070 g/mol. The first-order chi connectivity index (χ1) is 40.4. The number of esters is 1. The average molecular weight is 1150 g/mol. The summed E-state index contributed by atoms with van der Waals surface area (Å²) in [7, 11) is 0. The molecule has 12 N–H and O–H groups in total. The third-order valence-electron chi connectivity index (χ3n) is 14.7. The molecule has 0 bridgehead atoms. The maximum atomic E-state index is 14.5. The van der Waals surface area contributed by atoms with Crippen LogP contribution in [0.4, 0.5) is 15.3 Å². The summed E-state index contributed by atoms with van der Waals surface area (Å²) in [4.78, 5) is 120. The summed E-state index contributed by atoms with van der Waals surface area (Å²) >= 11 is 0. The minimum Gasteiger partial charge on any atom is -0.459 e. The highest BCUT2D eigenvalue weighted by molar-refractivity contribution is 6.23. The number of hydrogen-bond donors (Lipinski definition) is 11. The molecule has 1 saturated carbocycles. The van der Waals surface area contributed by atoms with E-state index in [9.17, 15) is 43.5 Å². The third-order valence-corrected chi connectivity index (χ3v) is 14.7. The summed E-state index contributed by atoms with van der Waals surface area (Å²) in [6.45, 7) is 7.00. The maximum absolute atomic E-state index is 14.5. The van der Waals surface area contributed by atoms with Crippen molar-refractivity contribution in [1.82, 2.24) is 47.1 Å². The molecule has 1 fully saturated rings. The van der Waals surface area contributed by atoms with Gasteiger partial charge in [-0.25, -0.2) is 30.2 Å². The SMILES string of the molecule is CC(C)CC(Nc1ccc(COC(=O)[C@H](CCCCN)NC(=O)[C@@H](CO)NC(=O)[C@H](Cc2c[nH]cn2)NC(=O)[C@@H](Cc2c[nH]c3ccccc23)NC(=O)NNC(=O)OCC2c3ccccc3-c3ccccc32)cc1)=C1C(=O)CC(C)(C)CC1=O. The van der Waals surface area contributed by atoms with E-state index in [1.54, 1.807) is 30.5 Å². The minimum absolute atomic E-state index is 0.0270. The Morgan fingerprint density at radius 2 is 1.35 bits per heavy atom. The van der Waals surface area contributed by atoms with Gasteiger partial charge in [0, 0.05) is 66.3 Å². The number of aliphatic hydroxyl groups excluding tert-OH is 1. The Hall–Kier alpha value is -9.15. The number of hydrogen-bond acceptors (Lipinski definition) is 14. The lowest BCUT2D eigenvalue weighted by Gasteiger charge is -2.30. The number of hydrazine groups is 1. The van der Waals surface area contributed by atoms with Gasteiger partial charge >= 0.3 is 18.1 Å². The van der Waals surface area contributed by atoms with E-state index in [4.69, 9.17) is 15.2 Å². The van der Waals surface area contributed by atoms with Crippen LogP contribution in [0.2, 0.25) is 0 Å². The number of benzene rings is 4. The zero-order chi connectivity index (χ0) is 59.9. The van der Waals surface area contributed by atoms with Gasteiger partial charge in [0.25, 0.3) is 0 Å². The molecule has 6 aromatic rings. The molecule has 2 aliphatic rings. The van der Waals surface area contributed by atoms with Gasteiger partial charge in [0.05, 0.1) is 24.2 Å². The first-order valence-electron chi connectivity index (χ1n) is 28.1. The Kier molecular flexibility index (Phi) is 20.5. The monoisotopic (exact) mass is 1150 g/mol. The summed E-state index contributed by atoms with van der Waals surface area (Å²) in [5, 5.41) is 25.0. The largest absolute Gasteiger partial charge is 0.459 e. The molecule has 0 aliphatic heterocycles. The number of allylic oxidation sites excluding steroid dienone is 2. The Balaban J connectivity index is 0.904. The van der Waals surface area contributed by atoms with E-state index < -0.39 is 72.0 Å². The number of Topliss-reactive ketones (excluding diaryl/α,β-unsaturated/α-hetero) is 2. The normalized spacial score (nSPS) is 15.0.